The Morgan fingerprint density at radius 1 is 1.10 bits per heavy atom. The first-order chi connectivity index (χ1) is 10.2. The summed E-state index contributed by atoms with van der Waals surface area (Å²) in [6, 6.07) is 6.20. The van der Waals surface area contributed by atoms with Crippen molar-refractivity contribution in [2.45, 2.75) is 58.8 Å². The van der Waals surface area contributed by atoms with E-state index in [-0.39, 0.29) is 6.03 Å². The van der Waals surface area contributed by atoms with E-state index in [1.54, 1.807) is 0 Å². The average molecular weight is 288 g/mol. The fourth-order valence-electron chi connectivity index (χ4n) is 3.19. The number of benzene rings is 1. The summed E-state index contributed by atoms with van der Waals surface area (Å²) >= 11 is 0. The summed E-state index contributed by atoms with van der Waals surface area (Å²) < 4.78 is 0. The molecular formula is C18H28N2O. The van der Waals surface area contributed by atoms with Crippen LogP contribution in [-0.2, 0) is 12.8 Å². The fourth-order valence-corrected chi connectivity index (χ4v) is 3.19. The number of hydrogen-bond donors (Lipinski definition) is 2. The van der Waals surface area contributed by atoms with Gasteiger partial charge in [-0.2, -0.15) is 0 Å². The number of aryl methyl sites for hydroxylation is 2. The van der Waals surface area contributed by atoms with Crippen molar-refractivity contribution in [3.8, 4) is 0 Å². The van der Waals surface area contributed by atoms with Gasteiger partial charge in [0.05, 0.1) is 0 Å². The average Bonchev–Trinajstić information content (AvgIpc) is 2.54. The zero-order valence-corrected chi connectivity index (χ0v) is 13.4. The van der Waals surface area contributed by atoms with E-state index in [4.69, 9.17) is 0 Å². The number of rotatable bonds is 5. The lowest BCUT2D eigenvalue weighted by atomic mass is 9.89. The molecule has 0 spiro atoms. The van der Waals surface area contributed by atoms with Crippen LogP contribution in [0.25, 0.3) is 0 Å². The molecule has 0 bridgehead atoms. The number of anilines is 1. The number of urea groups is 1. The number of amides is 2. The van der Waals surface area contributed by atoms with Crippen LogP contribution in [0.15, 0.2) is 18.2 Å². The van der Waals surface area contributed by atoms with Gasteiger partial charge >= 0.3 is 6.03 Å². The van der Waals surface area contributed by atoms with Crippen molar-refractivity contribution in [1.29, 1.82) is 0 Å². The summed E-state index contributed by atoms with van der Waals surface area (Å²) in [5, 5.41) is 6.12. The van der Waals surface area contributed by atoms with Gasteiger partial charge in [-0.25, -0.2) is 4.79 Å². The smallest absolute Gasteiger partial charge is 0.319 e. The summed E-state index contributed by atoms with van der Waals surface area (Å²) in [4.78, 5) is 12.2. The van der Waals surface area contributed by atoms with Crippen molar-refractivity contribution in [3.63, 3.8) is 0 Å². The van der Waals surface area contributed by atoms with E-state index in [1.165, 1.54) is 43.2 Å². The highest BCUT2D eigenvalue weighted by Crippen LogP contribution is 2.24. The number of nitrogens with one attached hydrogen (secondary N) is 2. The summed E-state index contributed by atoms with van der Waals surface area (Å²) in [5.41, 5.74) is 3.42. The third-order valence-electron chi connectivity index (χ3n) is 4.51. The van der Waals surface area contributed by atoms with Gasteiger partial charge in [0.25, 0.3) is 0 Å². The number of para-hydroxylation sites is 1. The van der Waals surface area contributed by atoms with Crippen molar-refractivity contribution < 1.29 is 4.79 Å². The Bertz CT molecular complexity index is 442. The molecule has 0 atom stereocenters. The van der Waals surface area contributed by atoms with Crippen LogP contribution in [0.3, 0.4) is 0 Å². The van der Waals surface area contributed by atoms with Crippen LogP contribution in [0.4, 0.5) is 10.5 Å². The normalized spacial score (nSPS) is 15.7. The molecule has 21 heavy (non-hydrogen) atoms. The molecule has 2 rings (SSSR count). The van der Waals surface area contributed by atoms with Gasteiger partial charge in [0.2, 0.25) is 0 Å². The largest absolute Gasteiger partial charge is 0.338 e. The van der Waals surface area contributed by atoms with Crippen molar-refractivity contribution >= 4 is 11.7 Å². The predicted molar refractivity (Wildman–Crippen MR) is 88.8 cm³/mol. The molecule has 1 fully saturated rings. The zero-order valence-electron chi connectivity index (χ0n) is 13.4. The van der Waals surface area contributed by atoms with E-state index in [9.17, 15) is 4.79 Å². The molecule has 0 aromatic heterocycles. The van der Waals surface area contributed by atoms with Gasteiger partial charge in [-0.05, 0) is 42.7 Å². The minimum Gasteiger partial charge on any atom is -0.338 e. The lowest BCUT2D eigenvalue weighted by Gasteiger charge is -2.22. The fraction of sp³-hybridized carbons (Fsp3) is 0.611. The molecule has 1 aliphatic carbocycles. The third kappa shape index (κ3) is 4.48. The summed E-state index contributed by atoms with van der Waals surface area (Å²) in [6.45, 7) is 5.06. The number of carbonyl (C=O) groups is 1. The highest BCUT2D eigenvalue weighted by molar-refractivity contribution is 5.91. The van der Waals surface area contributed by atoms with E-state index in [0.29, 0.717) is 5.92 Å². The zero-order chi connectivity index (χ0) is 15.1. The molecule has 116 valence electrons. The summed E-state index contributed by atoms with van der Waals surface area (Å²) in [5.74, 6) is 0.663. The van der Waals surface area contributed by atoms with E-state index in [0.717, 1.165) is 25.1 Å². The molecule has 1 aliphatic rings. The topological polar surface area (TPSA) is 41.1 Å². The molecule has 3 heteroatoms. The Morgan fingerprint density at radius 2 is 1.71 bits per heavy atom. The first kappa shape index (κ1) is 15.9. The molecule has 0 radical (unpaired) electrons. The molecule has 0 saturated heterocycles. The summed E-state index contributed by atoms with van der Waals surface area (Å²) in [7, 11) is 0. The lowest BCUT2D eigenvalue weighted by Crippen LogP contribution is -2.34. The van der Waals surface area contributed by atoms with Crippen LogP contribution in [0, 0.1) is 5.92 Å². The number of hydrogen-bond acceptors (Lipinski definition) is 1. The van der Waals surface area contributed by atoms with Crippen LogP contribution < -0.4 is 10.6 Å². The minimum absolute atomic E-state index is 0.0591. The first-order valence-electron chi connectivity index (χ1n) is 8.40. The highest BCUT2D eigenvalue weighted by atomic mass is 16.2. The molecule has 0 heterocycles. The third-order valence-corrected chi connectivity index (χ3v) is 4.51. The minimum atomic E-state index is -0.0591. The van der Waals surface area contributed by atoms with Gasteiger partial charge in [-0.1, -0.05) is 51.3 Å². The first-order valence-corrected chi connectivity index (χ1v) is 8.40. The molecule has 1 saturated carbocycles. The second-order valence-corrected chi connectivity index (χ2v) is 6.00. The Kier molecular flexibility index (Phi) is 6.09. The van der Waals surface area contributed by atoms with Crippen molar-refractivity contribution in [2.75, 3.05) is 11.9 Å². The molecule has 1 aromatic carbocycles. The van der Waals surface area contributed by atoms with E-state index in [2.05, 4.69) is 42.7 Å². The lowest BCUT2D eigenvalue weighted by molar-refractivity contribution is 0.247. The Labute approximate surface area is 128 Å². The van der Waals surface area contributed by atoms with E-state index in [1.807, 2.05) is 0 Å². The van der Waals surface area contributed by atoms with Crippen molar-refractivity contribution in [2.24, 2.45) is 5.92 Å². The quantitative estimate of drug-likeness (QED) is 0.822. The van der Waals surface area contributed by atoms with E-state index < -0.39 is 0 Å². The monoisotopic (exact) mass is 288 g/mol. The summed E-state index contributed by atoms with van der Waals surface area (Å²) in [6.07, 6.45) is 8.36. The van der Waals surface area contributed by atoms with Gasteiger partial charge in [0, 0.05) is 12.2 Å². The molecule has 2 amide bonds. The Hall–Kier alpha value is -1.51. The second kappa shape index (κ2) is 8.06. The molecule has 0 aliphatic heterocycles. The maximum absolute atomic E-state index is 12.2. The van der Waals surface area contributed by atoms with Gasteiger partial charge in [0.15, 0.2) is 0 Å². The molecule has 2 N–H and O–H groups in total. The van der Waals surface area contributed by atoms with Crippen LogP contribution >= 0.6 is 0 Å². The molecule has 3 nitrogen and oxygen atoms in total. The van der Waals surface area contributed by atoms with Crippen LogP contribution in [0.2, 0.25) is 0 Å². The van der Waals surface area contributed by atoms with Gasteiger partial charge in [-0.15, -0.1) is 0 Å². The van der Waals surface area contributed by atoms with Crippen molar-refractivity contribution in [3.05, 3.63) is 29.3 Å². The van der Waals surface area contributed by atoms with Crippen LogP contribution in [0.1, 0.15) is 57.1 Å². The maximum Gasteiger partial charge on any atom is 0.319 e. The number of carbonyl (C=O) groups excluding carboxylic acids is 1. The predicted octanol–water partition coefficient (Wildman–Crippen LogP) is 4.51. The van der Waals surface area contributed by atoms with Gasteiger partial charge < -0.3 is 10.6 Å². The van der Waals surface area contributed by atoms with E-state index >= 15 is 0 Å². The Morgan fingerprint density at radius 3 is 2.29 bits per heavy atom. The standard InChI is InChI=1S/C18H28N2O/c1-3-15-11-8-12-16(4-2)17(15)20-18(21)19-13-14-9-6-5-7-10-14/h8,11-12,14H,3-7,9-10,13H2,1-2H3,(H2,19,20,21). The maximum atomic E-state index is 12.2. The Balaban J connectivity index is 1.92. The van der Waals surface area contributed by atoms with Gasteiger partial charge in [0.1, 0.15) is 0 Å². The van der Waals surface area contributed by atoms with Crippen LogP contribution in [0.5, 0.6) is 0 Å². The highest BCUT2D eigenvalue weighted by Gasteiger charge is 2.15. The molecule has 0 unspecified atom stereocenters. The van der Waals surface area contributed by atoms with Gasteiger partial charge in [-0.3, -0.25) is 0 Å². The van der Waals surface area contributed by atoms with Crippen LogP contribution in [-0.4, -0.2) is 12.6 Å². The second-order valence-electron chi connectivity index (χ2n) is 6.00. The SMILES string of the molecule is CCc1cccc(CC)c1NC(=O)NCC1CCCCC1. The molecular weight excluding hydrogens is 260 g/mol. The molecule has 1 aromatic rings. The van der Waals surface area contributed by atoms with Crippen molar-refractivity contribution in [1.82, 2.24) is 5.32 Å².